The van der Waals surface area contributed by atoms with Gasteiger partial charge < -0.3 is 4.98 Å². The topological polar surface area (TPSA) is 64.8 Å². The summed E-state index contributed by atoms with van der Waals surface area (Å²) in [6, 6.07) is 8.43. The van der Waals surface area contributed by atoms with Crippen LogP contribution in [0.4, 0.5) is 4.39 Å². The van der Waals surface area contributed by atoms with Crippen molar-refractivity contribution in [3.63, 3.8) is 0 Å². The molecule has 0 unspecified atom stereocenters. The molecule has 5 nitrogen and oxygen atoms in total. The summed E-state index contributed by atoms with van der Waals surface area (Å²) in [7, 11) is 0. The molecule has 3 heterocycles. The van der Waals surface area contributed by atoms with E-state index in [0.717, 1.165) is 40.9 Å². The van der Waals surface area contributed by atoms with Gasteiger partial charge in [0.25, 0.3) is 5.56 Å². The van der Waals surface area contributed by atoms with Crippen LogP contribution in [-0.4, -0.2) is 26.4 Å². The number of hydrogen-bond donors (Lipinski definition) is 2. The van der Waals surface area contributed by atoms with Crippen molar-refractivity contribution in [2.24, 2.45) is 0 Å². The number of H-pyrrole nitrogens is 2. The summed E-state index contributed by atoms with van der Waals surface area (Å²) < 4.78 is 13.5. The highest BCUT2D eigenvalue weighted by Crippen LogP contribution is 2.21. The van der Waals surface area contributed by atoms with E-state index >= 15 is 0 Å². The number of pyridine rings is 1. The van der Waals surface area contributed by atoms with Crippen LogP contribution in [0.1, 0.15) is 16.8 Å². The van der Waals surface area contributed by atoms with E-state index in [-0.39, 0.29) is 11.4 Å². The largest absolute Gasteiger partial charge is 0.335 e. The quantitative estimate of drug-likeness (QED) is 0.697. The lowest BCUT2D eigenvalue weighted by Gasteiger charge is -2.27. The fraction of sp³-hybridized carbons (Fsp3) is 0.211. The average Bonchev–Trinajstić information content (AvgIpc) is 2.63. The lowest BCUT2D eigenvalue weighted by atomic mass is 10.0. The number of rotatable bonds is 3. The van der Waals surface area contributed by atoms with Gasteiger partial charge in [-0.25, -0.2) is 4.39 Å². The fourth-order valence-electron chi connectivity index (χ4n) is 3.28. The van der Waals surface area contributed by atoms with Crippen molar-refractivity contribution in [3.8, 4) is 11.1 Å². The van der Waals surface area contributed by atoms with Gasteiger partial charge in [-0.1, -0.05) is 12.1 Å². The van der Waals surface area contributed by atoms with Gasteiger partial charge in [0.15, 0.2) is 4.77 Å². The summed E-state index contributed by atoms with van der Waals surface area (Å²) in [6.07, 6.45) is 4.35. The molecule has 0 atom stereocenters. The van der Waals surface area contributed by atoms with Gasteiger partial charge in [-0.05, 0) is 41.5 Å². The third-order valence-electron chi connectivity index (χ3n) is 4.57. The molecule has 132 valence electrons. The molecule has 0 spiro atoms. The van der Waals surface area contributed by atoms with E-state index in [1.54, 1.807) is 18.3 Å². The molecular formula is C19H17FN4OS. The monoisotopic (exact) mass is 368 g/mol. The number of benzene rings is 1. The van der Waals surface area contributed by atoms with Crippen molar-refractivity contribution in [2.45, 2.75) is 19.5 Å². The first kappa shape index (κ1) is 16.8. The molecule has 2 aromatic heterocycles. The van der Waals surface area contributed by atoms with Gasteiger partial charge >= 0.3 is 0 Å². The van der Waals surface area contributed by atoms with E-state index in [4.69, 9.17) is 12.2 Å². The van der Waals surface area contributed by atoms with Crippen molar-refractivity contribution in [1.82, 2.24) is 19.9 Å². The molecule has 0 amide bonds. The molecule has 0 aliphatic carbocycles. The van der Waals surface area contributed by atoms with Crippen LogP contribution in [0.2, 0.25) is 0 Å². The van der Waals surface area contributed by atoms with Crippen molar-refractivity contribution < 1.29 is 4.39 Å². The molecule has 1 aromatic carbocycles. The first-order chi connectivity index (χ1) is 12.6. The van der Waals surface area contributed by atoms with E-state index in [1.807, 2.05) is 6.20 Å². The van der Waals surface area contributed by atoms with Crippen LogP contribution in [-0.2, 0) is 19.5 Å². The highest BCUT2D eigenvalue weighted by Gasteiger charge is 2.20. The first-order valence-electron chi connectivity index (χ1n) is 8.35. The predicted octanol–water partition coefficient (Wildman–Crippen LogP) is 3.19. The minimum absolute atomic E-state index is 0.119. The third kappa shape index (κ3) is 3.49. The Labute approximate surface area is 154 Å². The van der Waals surface area contributed by atoms with E-state index in [2.05, 4.69) is 25.9 Å². The zero-order valence-corrected chi connectivity index (χ0v) is 14.8. The Morgan fingerprint density at radius 1 is 1.15 bits per heavy atom. The molecule has 3 aromatic rings. The van der Waals surface area contributed by atoms with E-state index in [9.17, 15) is 9.18 Å². The lowest BCUT2D eigenvalue weighted by molar-refractivity contribution is 0.241. The normalized spacial score (nSPS) is 14.2. The molecule has 7 heteroatoms. The standard InChI is InChI=1S/C19H17FN4OS/c20-15-3-1-13(2-4-15)14-7-12(8-21-9-14)10-24-6-5-17-16(11-24)18(25)23-19(26)22-17/h1-4,7-9H,5-6,10-11H2,(H2,22,23,25,26). The number of fused-ring (bicyclic) bond motifs is 1. The first-order valence-corrected chi connectivity index (χ1v) is 8.76. The minimum Gasteiger partial charge on any atom is -0.335 e. The predicted molar refractivity (Wildman–Crippen MR) is 99.7 cm³/mol. The molecule has 0 bridgehead atoms. The van der Waals surface area contributed by atoms with Crippen LogP contribution in [0.3, 0.4) is 0 Å². The van der Waals surface area contributed by atoms with Gasteiger partial charge in [0, 0.05) is 49.7 Å². The summed E-state index contributed by atoms with van der Waals surface area (Å²) in [5, 5.41) is 0. The average molecular weight is 368 g/mol. The summed E-state index contributed by atoms with van der Waals surface area (Å²) >= 11 is 5.03. The van der Waals surface area contributed by atoms with Crippen LogP contribution in [0, 0.1) is 10.6 Å². The van der Waals surface area contributed by atoms with Gasteiger partial charge in [-0.2, -0.15) is 0 Å². The second-order valence-corrected chi connectivity index (χ2v) is 6.82. The number of nitrogens with zero attached hydrogens (tertiary/aromatic N) is 2. The summed E-state index contributed by atoms with van der Waals surface area (Å²) in [5.74, 6) is -0.255. The second-order valence-electron chi connectivity index (χ2n) is 6.41. The SMILES string of the molecule is O=c1[nH]c(=S)[nH]c2c1CN(Cc1cncc(-c3ccc(F)cc3)c1)CC2. The fourth-order valence-corrected chi connectivity index (χ4v) is 3.50. The Morgan fingerprint density at radius 3 is 2.77 bits per heavy atom. The van der Waals surface area contributed by atoms with Gasteiger partial charge in [-0.15, -0.1) is 0 Å². The third-order valence-corrected chi connectivity index (χ3v) is 4.77. The molecule has 4 rings (SSSR count). The highest BCUT2D eigenvalue weighted by atomic mass is 32.1. The summed E-state index contributed by atoms with van der Waals surface area (Å²) in [6.45, 7) is 2.09. The number of hydrogen-bond acceptors (Lipinski definition) is 4. The summed E-state index contributed by atoms with van der Waals surface area (Å²) in [5.41, 5.74) is 4.47. The van der Waals surface area contributed by atoms with Crippen LogP contribution in [0.5, 0.6) is 0 Å². The van der Waals surface area contributed by atoms with Gasteiger partial charge in [0.1, 0.15) is 5.82 Å². The Morgan fingerprint density at radius 2 is 1.96 bits per heavy atom. The number of halogens is 1. The molecule has 0 saturated carbocycles. The zero-order chi connectivity index (χ0) is 18.1. The van der Waals surface area contributed by atoms with Crippen LogP contribution in [0.15, 0.2) is 47.5 Å². The van der Waals surface area contributed by atoms with Crippen LogP contribution in [0.25, 0.3) is 11.1 Å². The van der Waals surface area contributed by atoms with E-state index in [0.29, 0.717) is 17.9 Å². The Bertz CT molecular complexity index is 1060. The lowest BCUT2D eigenvalue weighted by Crippen LogP contribution is -2.35. The van der Waals surface area contributed by atoms with Crippen LogP contribution < -0.4 is 5.56 Å². The maximum absolute atomic E-state index is 13.1. The van der Waals surface area contributed by atoms with Gasteiger partial charge in [0.05, 0.1) is 5.56 Å². The molecule has 0 fully saturated rings. The molecule has 0 saturated heterocycles. The molecule has 2 N–H and O–H groups in total. The summed E-state index contributed by atoms with van der Waals surface area (Å²) in [4.78, 5) is 24.4. The number of nitrogens with one attached hydrogen (secondary N) is 2. The van der Waals surface area contributed by atoms with Crippen molar-refractivity contribution >= 4 is 12.2 Å². The van der Waals surface area contributed by atoms with E-state index in [1.165, 1.54) is 12.1 Å². The molecule has 0 radical (unpaired) electrons. The van der Waals surface area contributed by atoms with Gasteiger partial charge in [0.2, 0.25) is 0 Å². The van der Waals surface area contributed by atoms with Crippen molar-refractivity contribution in [3.05, 3.63) is 80.5 Å². The smallest absolute Gasteiger partial charge is 0.256 e. The van der Waals surface area contributed by atoms with Crippen LogP contribution >= 0.6 is 12.2 Å². The van der Waals surface area contributed by atoms with Gasteiger partial charge in [-0.3, -0.25) is 19.7 Å². The number of aromatic amines is 2. The highest BCUT2D eigenvalue weighted by molar-refractivity contribution is 7.71. The molecular weight excluding hydrogens is 351 g/mol. The Balaban J connectivity index is 1.55. The number of aromatic nitrogens is 3. The maximum Gasteiger partial charge on any atom is 0.256 e. The Hall–Kier alpha value is -2.64. The Kier molecular flexibility index (Phi) is 4.48. The molecule has 1 aliphatic heterocycles. The molecule has 26 heavy (non-hydrogen) atoms. The van der Waals surface area contributed by atoms with Crippen molar-refractivity contribution in [2.75, 3.05) is 6.54 Å². The van der Waals surface area contributed by atoms with Crippen molar-refractivity contribution in [1.29, 1.82) is 0 Å². The second kappa shape index (κ2) is 6.93. The zero-order valence-electron chi connectivity index (χ0n) is 14.0. The maximum atomic E-state index is 13.1. The molecule has 1 aliphatic rings. The minimum atomic E-state index is -0.255. The van der Waals surface area contributed by atoms with E-state index < -0.39 is 0 Å².